The molecule has 1 amide bonds. The lowest BCUT2D eigenvalue weighted by atomic mass is 10.2. The molecule has 0 aliphatic carbocycles. The van der Waals surface area contributed by atoms with Crippen LogP contribution >= 0.6 is 0 Å². The molecule has 1 aliphatic heterocycles. The summed E-state index contributed by atoms with van der Waals surface area (Å²) in [6.45, 7) is 2.00. The fourth-order valence-electron chi connectivity index (χ4n) is 2.25. The average molecular weight is 292 g/mol. The van der Waals surface area contributed by atoms with E-state index in [0.29, 0.717) is 32.7 Å². The highest BCUT2D eigenvalue weighted by molar-refractivity contribution is 5.90. The van der Waals surface area contributed by atoms with E-state index in [2.05, 4.69) is 5.32 Å². The SMILES string of the molecule is COC(=O)C1COCCN1CCC(=O)Nc1ccccc1. The smallest absolute Gasteiger partial charge is 0.325 e. The van der Waals surface area contributed by atoms with Crippen LogP contribution in [0.25, 0.3) is 0 Å². The Bertz CT molecular complexity index is 478. The molecule has 0 bridgehead atoms. The third-order valence-electron chi connectivity index (χ3n) is 3.40. The van der Waals surface area contributed by atoms with Crippen LogP contribution in [0.15, 0.2) is 30.3 Å². The van der Waals surface area contributed by atoms with Gasteiger partial charge in [-0.25, -0.2) is 0 Å². The molecule has 1 saturated heterocycles. The molecule has 114 valence electrons. The van der Waals surface area contributed by atoms with Crippen molar-refractivity contribution in [2.45, 2.75) is 12.5 Å². The zero-order valence-electron chi connectivity index (χ0n) is 12.1. The second-order valence-corrected chi connectivity index (χ2v) is 4.81. The number of hydrogen-bond acceptors (Lipinski definition) is 5. The third kappa shape index (κ3) is 4.54. The van der Waals surface area contributed by atoms with Crippen LogP contribution in [0.3, 0.4) is 0 Å². The summed E-state index contributed by atoms with van der Waals surface area (Å²) >= 11 is 0. The number of carbonyl (C=O) groups excluding carboxylic acids is 2. The van der Waals surface area contributed by atoms with Crippen LogP contribution in [0.2, 0.25) is 0 Å². The normalized spacial score (nSPS) is 19.0. The number of hydrogen-bond donors (Lipinski definition) is 1. The minimum Gasteiger partial charge on any atom is -0.468 e. The average Bonchev–Trinajstić information content (AvgIpc) is 2.53. The summed E-state index contributed by atoms with van der Waals surface area (Å²) in [6, 6.07) is 8.88. The maximum Gasteiger partial charge on any atom is 0.325 e. The number of morpholine rings is 1. The molecule has 1 unspecified atom stereocenters. The Morgan fingerprint density at radius 2 is 2.14 bits per heavy atom. The largest absolute Gasteiger partial charge is 0.468 e. The Labute approximate surface area is 124 Å². The number of para-hydroxylation sites is 1. The molecule has 1 heterocycles. The van der Waals surface area contributed by atoms with Crippen LogP contribution < -0.4 is 5.32 Å². The highest BCUT2D eigenvalue weighted by Crippen LogP contribution is 2.10. The minimum atomic E-state index is -0.423. The number of benzene rings is 1. The number of ether oxygens (including phenoxy) is 2. The summed E-state index contributed by atoms with van der Waals surface area (Å²) in [5.41, 5.74) is 0.772. The van der Waals surface area contributed by atoms with Crippen LogP contribution in [0, 0.1) is 0 Å². The van der Waals surface area contributed by atoms with Crippen LogP contribution in [0.1, 0.15) is 6.42 Å². The van der Waals surface area contributed by atoms with E-state index in [-0.39, 0.29) is 11.9 Å². The molecule has 0 spiro atoms. The molecule has 0 radical (unpaired) electrons. The van der Waals surface area contributed by atoms with E-state index in [9.17, 15) is 9.59 Å². The van der Waals surface area contributed by atoms with Gasteiger partial charge in [0.25, 0.3) is 0 Å². The van der Waals surface area contributed by atoms with E-state index in [1.165, 1.54) is 7.11 Å². The first kappa shape index (κ1) is 15.5. The van der Waals surface area contributed by atoms with Crippen LogP contribution in [0.5, 0.6) is 0 Å². The fourth-order valence-corrected chi connectivity index (χ4v) is 2.25. The maximum atomic E-state index is 11.9. The zero-order chi connectivity index (χ0) is 15.1. The van der Waals surface area contributed by atoms with Crippen molar-refractivity contribution in [1.82, 2.24) is 4.90 Å². The molecule has 2 rings (SSSR count). The van der Waals surface area contributed by atoms with Crippen molar-refractivity contribution in [3.63, 3.8) is 0 Å². The Kier molecular flexibility index (Phi) is 5.71. The highest BCUT2D eigenvalue weighted by atomic mass is 16.5. The van der Waals surface area contributed by atoms with E-state index in [1.807, 2.05) is 35.2 Å². The number of carbonyl (C=O) groups is 2. The third-order valence-corrected chi connectivity index (χ3v) is 3.40. The van der Waals surface area contributed by atoms with Crippen LogP contribution in [0.4, 0.5) is 5.69 Å². The first-order chi connectivity index (χ1) is 10.2. The quantitative estimate of drug-likeness (QED) is 0.816. The molecule has 6 nitrogen and oxygen atoms in total. The van der Waals surface area contributed by atoms with Gasteiger partial charge in [0.05, 0.1) is 20.3 Å². The van der Waals surface area contributed by atoms with Gasteiger partial charge in [-0.15, -0.1) is 0 Å². The van der Waals surface area contributed by atoms with Gasteiger partial charge < -0.3 is 14.8 Å². The molecule has 1 aromatic rings. The number of amides is 1. The maximum absolute atomic E-state index is 11.9. The Balaban J connectivity index is 1.83. The van der Waals surface area contributed by atoms with Crippen LogP contribution in [-0.4, -0.2) is 56.2 Å². The predicted molar refractivity (Wildman–Crippen MR) is 77.9 cm³/mol. The van der Waals surface area contributed by atoms with E-state index in [0.717, 1.165) is 5.69 Å². The lowest BCUT2D eigenvalue weighted by molar-refractivity contribution is -0.153. The molecular weight excluding hydrogens is 272 g/mol. The summed E-state index contributed by atoms with van der Waals surface area (Å²) in [7, 11) is 1.36. The summed E-state index contributed by atoms with van der Waals surface area (Å²) in [4.78, 5) is 25.5. The van der Waals surface area contributed by atoms with Crippen molar-refractivity contribution in [1.29, 1.82) is 0 Å². The lowest BCUT2D eigenvalue weighted by Crippen LogP contribution is -2.51. The van der Waals surface area contributed by atoms with Crippen molar-refractivity contribution in [2.24, 2.45) is 0 Å². The monoisotopic (exact) mass is 292 g/mol. The minimum absolute atomic E-state index is 0.0729. The van der Waals surface area contributed by atoms with Gasteiger partial charge >= 0.3 is 5.97 Å². The van der Waals surface area contributed by atoms with Gasteiger partial charge in [0.15, 0.2) is 0 Å². The number of nitrogens with zero attached hydrogens (tertiary/aromatic N) is 1. The van der Waals surface area contributed by atoms with Crippen molar-refractivity contribution >= 4 is 17.6 Å². The summed E-state index contributed by atoms with van der Waals surface area (Å²) in [5.74, 6) is -0.394. The lowest BCUT2D eigenvalue weighted by Gasteiger charge is -2.33. The highest BCUT2D eigenvalue weighted by Gasteiger charge is 2.30. The van der Waals surface area contributed by atoms with Crippen molar-refractivity contribution in [3.8, 4) is 0 Å². The van der Waals surface area contributed by atoms with Crippen molar-refractivity contribution < 1.29 is 19.1 Å². The Morgan fingerprint density at radius 1 is 1.38 bits per heavy atom. The standard InChI is InChI=1S/C15H20N2O4/c1-20-15(19)13-11-21-10-9-17(13)8-7-14(18)16-12-5-3-2-4-6-12/h2-6,13H,7-11H2,1H3,(H,16,18). The van der Waals surface area contributed by atoms with Gasteiger partial charge in [-0.3, -0.25) is 14.5 Å². The summed E-state index contributed by atoms with van der Waals surface area (Å²) in [6.07, 6.45) is 0.322. The van der Waals surface area contributed by atoms with E-state index in [4.69, 9.17) is 9.47 Å². The first-order valence-corrected chi connectivity index (χ1v) is 6.95. The molecular formula is C15H20N2O4. The molecule has 1 N–H and O–H groups in total. The molecule has 0 aromatic heterocycles. The molecule has 1 atom stereocenters. The van der Waals surface area contributed by atoms with E-state index < -0.39 is 6.04 Å². The van der Waals surface area contributed by atoms with Gasteiger partial charge in [-0.2, -0.15) is 0 Å². The summed E-state index contributed by atoms with van der Waals surface area (Å²) < 4.78 is 10.1. The molecule has 1 fully saturated rings. The van der Waals surface area contributed by atoms with Crippen LogP contribution in [-0.2, 0) is 19.1 Å². The molecule has 1 aliphatic rings. The number of anilines is 1. The number of rotatable bonds is 5. The molecule has 6 heteroatoms. The van der Waals surface area contributed by atoms with Crippen molar-refractivity contribution in [2.75, 3.05) is 38.7 Å². The number of methoxy groups -OCH3 is 1. The van der Waals surface area contributed by atoms with Gasteiger partial charge in [0.2, 0.25) is 5.91 Å². The molecule has 21 heavy (non-hydrogen) atoms. The molecule has 1 aromatic carbocycles. The van der Waals surface area contributed by atoms with E-state index >= 15 is 0 Å². The molecule has 0 saturated carbocycles. The Hall–Kier alpha value is -1.92. The van der Waals surface area contributed by atoms with Gasteiger partial charge in [0, 0.05) is 25.2 Å². The second-order valence-electron chi connectivity index (χ2n) is 4.81. The zero-order valence-corrected chi connectivity index (χ0v) is 12.1. The number of nitrogens with one attached hydrogen (secondary N) is 1. The van der Waals surface area contributed by atoms with Gasteiger partial charge in [-0.05, 0) is 12.1 Å². The topological polar surface area (TPSA) is 67.9 Å². The predicted octanol–water partition coefficient (Wildman–Crippen LogP) is 0.889. The fraction of sp³-hybridized carbons (Fsp3) is 0.467. The Morgan fingerprint density at radius 3 is 2.86 bits per heavy atom. The van der Waals surface area contributed by atoms with Gasteiger partial charge in [0.1, 0.15) is 6.04 Å². The summed E-state index contributed by atoms with van der Waals surface area (Å²) in [5, 5.41) is 2.83. The van der Waals surface area contributed by atoms with E-state index in [1.54, 1.807) is 0 Å². The number of esters is 1. The second kappa shape index (κ2) is 7.75. The van der Waals surface area contributed by atoms with Crippen molar-refractivity contribution in [3.05, 3.63) is 30.3 Å². The van der Waals surface area contributed by atoms with Gasteiger partial charge in [-0.1, -0.05) is 18.2 Å². The first-order valence-electron chi connectivity index (χ1n) is 6.95.